The Bertz CT molecular complexity index is 903. The third-order valence-electron chi connectivity index (χ3n) is 3.72. The van der Waals surface area contributed by atoms with Gasteiger partial charge in [0.2, 0.25) is 0 Å². The highest BCUT2D eigenvalue weighted by atomic mass is 16.5. The van der Waals surface area contributed by atoms with E-state index in [0.29, 0.717) is 12.2 Å². The Kier molecular flexibility index (Phi) is 6.13. The number of ether oxygens (including phenoxy) is 1. The minimum Gasteiger partial charge on any atom is -0.496 e. The molecule has 8 nitrogen and oxygen atoms in total. The van der Waals surface area contributed by atoms with Crippen LogP contribution in [0.25, 0.3) is 11.6 Å². The molecule has 0 aliphatic heterocycles. The standard InChI is InChI=1S/C14H17N3O.C4H4O4/c1-9(15)8-17-13-6-11-10(12(13)7-16-17)4-3-5-14(11)18-2;5-3(6)1-2-4(7)8/h3,5-7,9H,4,8,15H2,1-2H3;1-2H,(H,5,6)(H,7,8)/t9-;/m0./s1. The van der Waals surface area contributed by atoms with Crippen LogP contribution in [-0.4, -0.2) is 45.1 Å². The Morgan fingerprint density at radius 2 is 2.04 bits per heavy atom. The summed E-state index contributed by atoms with van der Waals surface area (Å²) in [6.07, 6.45) is 10.3. The first-order valence-electron chi connectivity index (χ1n) is 7.95. The molecule has 0 amide bonds. The summed E-state index contributed by atoms with van der Waals surface area (Å²) in [4.78, 5) is 19.1. The van der Waals surface area contributed by atoms with E-state index in [4.69, 9.17) is 20.7 Å². The van der Waals surface area contributed by atoms with Crippen molar-refractivity contribution in [1.29, 1.82) is 0 Å². The molecule has 0 bridgehead atoms. The molecule has 0 radical (unpaired) electrons. The zero-order chi connectivity index (χ0) is 19.3. The molecule has 0 fully saturated rings. The van der Waals surface area contributed by atoms with E-state index < -0.39 is 11.9 Å². The predicted octanol–water partition coefficient (Wildman–Crippen LogP) is -0.253. The number of aliphatic carboxylic acids is 2. The fraction of sp³-hybridized carbons (Fsp3) is 0.278. The molecule has 2 aliphatic rings. The molecular weight excluding hydrogens is 338 g/mol. The molecule has 8 heteroatoms. The first-order valence-corrected chi connectivity index (χ1v) is 7.95. The van der Waals surface area contributed by atoms with Crippen LogP contribution < -0.4 is 16.3 Å². The van der Waals surface area contributed by atoms with E-state index in [1.54, 1.807) is 7.11 Å². The number of allylic oxidation sites excluding steroid dienone is 3. The zero-order valence-electron chi connectivity index (χ0n) is 14.5. The summed E-state index contributed by atoms with van der Waals surface area (Å²) in [5, 5.41) is 22.4. The molecule has 1 heterocycles. The molecule has 0 aromatic carbocycles. The van der Waals surface area contributed by atoms with Gasteiger partial charge in [-0.2, -0.15) is 5.10 Å². The van der Waals surface area contributed by atoms with Gasteiger partial charge in [0.25, 0.3) is 0 Å². The first kappa shape index (κ1) is 19.2. The van der Waals surface area contributed by atoms with Crippen molar-refractivity contribution in [1.82, 2.24) is 9.78 Å². The minimum atomic E-state index is -1.26. The molecule has 0 spiro atoms. The fourth-order valence-electron chi connectivity index (χ4n) is 2.70. The molecule has 0 saturated heterocycles. The van der Waals surface area contributed by atoms with Crippen LogP contribution in [0.4, 0.5) is 0 Å². The van der Waals surface area contributed by atoms with Gasteiger partial charge in [0.15, 0.2) is 0 Å². The van der Waals surface area contributed by atoms with Crippen molar-refractivity contribution >= 4 is 23.6 Å². The molecule has 3 rings (SSSR count). The second kappa shape index (κ2) is 8.30. The van der Waals surface area contributed by atoms with E-state index in [1.807, 2.05) is 23.9 Å². The van der Waals surface area contributed by atoms with E-state index in [9.17, 15) is 9.59 Å². The third-order valence-corrected chi connectivity index (χ3v) is 3.72. The number of hydrogen-bond donors (Lipinski definition) is 3. The Morgan fingerprint density at radius 1 is 1.38 bits per heavy atom. The molecule has 0 unspecified atom stereocenters. The van der Waals surface area contributed by atoms with Gasteiger partial charge in [0.1, 0.15) is 5.76 Å². The highest BCUT2D eigenvalue weighted by Gasteiger charge is 2.20. The van der Waals surface area contributed by atoms with Gasteiger partial charge in [-0.05, 0) is 31.1 Å². The molecule has 1 aromatic heterocycles. The van der Waals surface area contributed by atoms with Gasteiger partial charge < -0.3 is 20.7 Å². The lowest BCUT2D eigenvalue weighted by molar-refractivity contribution is -0.134. The van der Waals surface area contributed by atoms with Crippen molar-refractivity contribution in [3.63, 3.8) is 0 Å². The number of carbonyl (C=O) groups is 2. The average molecular weight is 359 g/mol. The molecule has 4 N–H and O–H groups in total. The van der Waals surface area contributed by atoms with Gasteiger partial charge in [-0.3, -0.25) is 4.68 Å². The lowest BCUT2D eigenvalue weighted by atomic mass is 9.99. The van der Waals surface area contributed by atoms with Crippen LogP contribution in [-0.2, 0) is 20.9 Å². The highest BCUT2D eigenvalue weighted by Crippen LogP contribution is 2.27. The van der Waals surface area contributed by atoms with Crippen molar-refractivity contribution in [2.24, 2.45) is 5.73 Å². The average Bonchev–Trinajstić information content (AvgIpc) is 3.13. The van der Waals surface area contributed by atoms with Gasteiger partial charge in [-0.15, -0.1) is 0 Å². The predicted molar refractivity (Wildman–Crippen MR) is 95.2 cm³/mol. The molecule has 1 aromatic rings. The van der Waals surface area contributed by atoms with Gasteiger partial charge in [-0.1, -0.05) is 6.08 Å². The second-order valence-corrected chi connectivity index (χ2v) is 5.82. The largest absolute Gasteiger partial charge is 0.496 e. The Hall–Kier alpha value is -3.13. The van der Waals surface area contributed by atoms with Gasteiger partial charge >= 0.3 is 11.9 Å². The van der Waals surface area contributed by atoms with Crippen molar-refractivity contribution in [2.45, 2.75) is 25.9 Å². The van der Waals surface area contributed by atoms with Crippen LogP contribution >= 0.6 is 0 Å². The van der Waals surface area contributed by atoms with E-state index >= 15 is 0 Å². The summed E-state index contributed by atoms with van der Waals surface area (Å²) in [7, 11) is 1.71. The fourth-order valence-corrected chi connectivity index (χ4v) is 2.70. The van der Waals surface area contributed by atoms with Crippen molar-refractivity contribution < 1.29 is 24.5 Å². The third kappa shape index (κ3) is 4.48. The van der Waals surface area contributed by atoms with E-state index in [2.05, 4.69) is 17.3 Å². The molecule has 26 heavy (non-hydrogen) atoms. The number of aromatic nitrogens is 2. The summed E-state index contributed by atoms with van der Waals surface area (Å²) in [6.45, 7) is 2.73. The van der Waals surface area contributed by atoms with Gasteiger partial charge in [0.05, 0.1) is 25.2 Å². The zero-order valence-corrected chi connectivity index (χ0v) is 14.5. The Labute approximate surface area is 149 Å². The molecule has 2 aliphatic carbocycles. The monoisotopic (exact) mass is 359 g/mol. The number of nitrogens with two attached hydrogens (primary N) is 1. The number of rotatable bonds is 5. The van der Waals surface area contributed by atoms with E-state index in [-0.39, 0.29) is 6.04 Å². The molecule has 1 atom stereocenters. The summed E-state index contributed by atoms with van der Waals surface area (Å²) in [5.41, 5.74) is 8.34. The first-order chi connectivity index (χ1) is 12.3. The lowest BCUT2D eigenvalue weighted by Crippen LogP contribution is -2.33. The van der Waals surface area contributed by atoms with Gasteiger partial charge in [-0.25, -0.2) is 9.59 Å². The van der Waals surface area contributed by atoms with Crippen molar-refractivity contribution in [3.8, 4) is 0 Å². The number of hydrogen-bond acceptors (Lipinski definition) is 5. The Morgan fingerprint density at radius 3 is 2.58 bits per heavy atom. The van der Waals surface area contributed by atoms with Crippen LogP contribution in [0.2, 0.25) is 0 Å². The van der Waals surface area contributed by atoms with Crippen LogP contribution in [0, 0.1) is 0 Å². The number of nitrogens with zero attached hydrogens (tertiary/aromatic N) is 2. The number of carboxylic acids is 2. The van der Waals surface area contributed by atoms with E-state index in [0.717, 1.165) is 24.1 Å². The second-order valence-electron chi connectivity index (χ2n) is 5.82. The SMILES string of the molecule is COC1=C2C=c3c(cnn3C[C@H](C)N)=C2CC=C1.O=C(O)C=CC(=O)O. The van der Waals surface area contributed by atoms with Crippen molar-refractivity contribution in [2.75, 3.05) is 7.11 Å². The Balaban J connectivity index is 0.000000260. The maximum absolute atomic E-state index is 9.55. The molecular formula is C18H21N3O5. The quantitative estimate of drug-likeness (QED) is 0.618. The number of methoxy groups -OCH3 is 1. The number of carboxylic acid groups (broad SMARTS) is 2. The van der Waals surface area contributed by atoms with Gasteiger partial charge in [0, 0.05) is 29.0 Å². The summed E-state index contributed by atoms with van der Waals surface area (Å²) < 4.78 is 7.39. The van der Waals surface area contributed by atoms with Crippen LogP contribution in [0.15, 0.2) is 41.8 Å². The van der Waals surface area contributed by atoms with Crippen LogP contribution in [0.3, 0.4) is 0 Å². The summed E-state index contributed by atoms with van der Waals surface area (Å²) in [5.74, 6) is -1.58. The lowest BCUT2D eigenvalue weighted by Gasteiger charge is -2.12. The number of fused-ring (bicyclic) bond motifs is 2. The molecule has 138 valence electrons. The summed E-state index contributed by atoms with van der Waals surface area (Å²) in [6, 6.07) is 0.101. The maximum atomic E-state index is 9.55. The maximum Gasteiger partial charge on any atom is 0.328 e. The normalized spacial score (nSPS) is 15.7. The van der Waals surface area contributed by atoms with E-state index in [1.165, 1.54) is 16.4 Å². The van der Waals surface area contributed by atoms with Crippen molar-refractivity contribution in [3.05, 3.63) is 52.4 Å². The van der Waals surface area contributed by atoms with Crippen LogP contribution in [0.5, 0.6) is 0 Å². The smallest absolute Gasteiger partial charge is 0.328 e. The highest BCUT2D eigenvalue weighted by molar-refractivity contribution is 5.89. The summed E-state index contributed by atoms with van der Waals surface area (Å²) >= 11 is 0. The topological polar surface area (TPSA) is 128 Å². The molecule has 0 saturated carbocycles. The minimum absolute atomic E-state index is 0.101. The van der Waals surface area contributed by atoms with Crippen LogP contribution in [0.1, 0.15) is 13.3 Å².